The van der Waals surface area contributed by atoms with Crippen molar-refractivity contribution < 1.29 is 0 Å². The summed E-state index contributed by atoms with van der Waals surface area (Å²) in [6.45, 7) is 0.589. The van der Waals surface area contributed by atoms with Gasteiger partial charge in [-0.3, -0.25) is 4.40 Å². The van der Waals surface area contributed by atoms with Gasteiger partial charge in [0.25, 0.3) is 0 Å². The maximum atomic E-state index is 8.86. The predicted octanol–water partition coefficient (Wildman–Crippen LogP) is 3.28. The Hall–Kier alpha value is -3.72. The first-order chi connectivity index (χ1) is 12.3. The van der Waals surface area contributed by atoms with Gasteiger partial charge in [0.05, 0.1) is 11.6 Å². The number of nitrogens with one attached hydrogen (secondary N) is 1. The van der Waals surface area contributed by atoms with Crippen molar-refractivity contribution >= 4 is 11.5 Å². The molecular weight excluding hydrogens is 312 g/mol. The third-order valence-electron chi connectivity index (χ3n) is 3.90. The lowest BCUT2D eigenvalue weighted by molar-refractivity contribution is 1.07. The van der Waals surface area contributed by atoms with Gasteiger partial charge in [0.15, 0.2) is 11.6 Å². The maximum Gasteiger partial charge on any atom is 0.203 e. The molecular formula is C19H14N6. The lowest BCUT2D eigenvalue weighted by Crippen LogP contribution is -2.04. The van der Waals surface area contributed by atoms with Crippen LogP contribution in [0.15, 0.2) is 67.0 Å². The van der Waals surface area contributed by atoms with Gasteiger partial charge in [-0.25, -0.2) is 4.98 Å². The minimum Gasteiger partial charge on any atom is -0.363 e. The van der Waals surface area contributed by atoms with Crippen LogP contribution in [0.5, 0.6) is 0 Å². The van der Waals surface area contributed by atoms with Crippen molar-refractivity contribution in [3.63, 3.8) is 0 Å². The van der Waals surface area contributed by atoms with Crippen LogP contribution >= 0.6 is 0 Å². The predicted molar refractivity (Wildman–Crippen MR) is 94.7 cm³/mol. The van der Waals surface area contributed by atoms with E-state index in [1.165, 1.54) is 0 Å². The van der Waals surface area contributed by atoms with Crippen LogP contribution in [0.4, 0.5) is 5.82 Å². The Kier molecular flexibility index (Phi) is 3.81. The molecule has 0 saturated carbocycles. The molecule has 0 spiro atoms. The summed E-state index contributed by atoms with van der Waals surface area (Å²) < 4.78 is 1.92. The summed E-state index contributed by atoms with van der Waals surface area (Å²) in [5.41, 5.74) is 3.38. The summed E-state index contributed by atoms with van der Waals surface area (Å²) in [5.74, 6) is 1.45. The van der Waals surface area contributed by atoms with Gasteiger partial charge in [-0.05, 0) is 17.7 Å². The summed E-state index contributed by atoms with van der Waals surface area (Å²) in [6.07, 6.45) is 3.58. The molecule has 0 radical (unpaired) electrons. The molecule has 25 heavy (non-hydrogen) atoms. The maximum absolute atomic E-state index is 8.86. The second-order valence-corrected chi connectivity index (χ2v) is 5.52. The highest BCUT2D eigenvalue weighted by Crippen LogP contribution is 2.21. The SMILES string of the molecule is N#Cc1ccc(CNc2nccn3c(-c4ccccc4)nnc23)cc1. The average Bonchev–Trinajstić information content (AvgIpc) is 3.12. The molecule has 0 amide bonds. The minimum atomic E-state index is 0.589. The monoisotopic (exact) mass is 326 g/mol. The molecule has 6 nitrogen and oxygen atoms in total. The number of nitriles is 1. The van der Waals surface area contributed by atoms with Crippen LogP contribution in [0.3, 0.4) is 0 Å². The van der Waals surface area contributed by atoms with Crippen LogP contribution in [-0.4, -0.2) is 19.6 Å². The fraction of sp³-hybridized carbons (Fsp3) is 0.0526. The van der Waals surface area contributed by atoms with Crippen molar-refractivity contribution in [1.82, 2.24) is 19.6 Å². The Bertz CT molecular complexity index is 1040. The minimum absolute atomic E-state index is 0.589. The number of hydrogen-bond donors (Lipinski definition) is 1. The highest BCUT2D eigenvalue weighted by Gasteiger charge is 2.11. The fourth-order valence-corrected chi connectivity index (χ4v) is 2.62. The molecule has 4 rings (SSSR count). The van der Waals surface area contributed by atoms with E-state index in [4.69, 9.17) is 5.26 Å². The third-order valence-corrected chi connectivity index (χ3v) is 3.90. The van der Waals surface area contributed by atoms with E-state index in [1.807, 2.05) is 53.1 Å². The molecule has 0 saturated heterocycles. The Labute approximate surface area is 144 Å². The molecule has 0 aliphatic rings. The van der Waals surface area contributed by atoms with Crippen LogP contribution in [-0.2, 0) is 6.54 Å². The van der Waals surface area contributed by atoms with Crippen molar-refractivity contribution in [2.75, 3.05) is 5.32 Å². The zero-order chi connectivity index (χ0) is 17.1. The fourth-order valence-electron chi connectivity index (χ4n) is 2.62. The summed E-state index contributed by atoms with van der Waals surface area (Å²) in [5, 5.41) is 20.7. The molecule has 1 N–H and O–H groups in total. The summed E-state index contributed by atoms with van der Waals surface area (Å²) in [7, 11) is 0. The summed E-state index contributed by atoms with van der Waals surface area (Å²) >= 11 is 0. The average molecular weight is 326 g/mol. The van der Waals surface area contributed by atoms with Crippen LogP contribution in [0.2, 0.25) is 0 Å². The number of benzene rings is 2. The standard InChI is InChI=1S/C19H14N6/c20-12-14-6-8-15(9-7-14)13-22-17-19-24-23-18(25(19)11-10-21-17)16-4-2-1-3-5-16/h1-11H,13H2,(H,21,22). The molecule has 2 aromatic carbocycles. The quantitative estimate of drug-likeness (QED) is 0.622. The van der Waals surface area contributed by atoms with Gasteiger partial charge < -0.3 is 5.32 Å². The van der Waals surface area contributed by atoms with Crippen LogP contribution in [0.1, 0.15) is 11.1 Å². The van der Waals surface area contributed by atoms with Crippen molar-refractivity contribution in [3.05, 3.63) is 78.1 Å². The molecule has 0 atom stereocenters. The van der Waals surface area contributed by atoms with Gasteiger partial charge >= 0.3 is 0 Å². The number of hydrogen-bond acceptors (Lipinski definition) is 5. The number of fused-ring (bicyclic) bond motifs is 1. The van der Waals surface area contributed by atoms with Crippen LogP contribution in [0, 0.1) is 11.3 Å². The van der Waals surface area contributed by atoms with E-state index in [0.29, 0.717) is 23.6 Å². The first kappa shape index (κ1) is 14.8. The van der Waals surface area contributed by atoms with Crippen LogP contribution < -0.4 is 5.32 Å². The van der Waals surface area contributed by atoms with Gasteiger partial charge in [0.1, 0.15) is 0 Å². The van der Waals surface area contributed by atoms with Crippen molar-refractivity contribution in [1.29, 1.82) is 5.26 Å². The van der Waals surface area contributed by atoms with E-state index in [0.717, 1.165) is 17.0 Å². The molecule has 4 aromatic rings. The first-order valence-electron chi connectivity index (χ1n) is 7.83. The van der Waals surface area contributed by atoms with Gasteiger partial charge in [-0.15, -0.1) is 10.2 Å². The van der Waals surface area contributed by atoms with E-state index >= 15 is 0 Å². The molecule has 0 aliphatic carbocycles. The van der Waals surface area contributed by atoms with Gasteiger partial charge in [0.2, 0.25) is 5.65 Å². The summed E-state index contributed by atoms with van der Waals surface area (Å²) in [4.78, 5) is 4.38. The molecule has 6 heteroatoms. The first-order valence-corrected chi connectivity index (χ1v) is 7.83. The van der Waals surface area contributed by atoms with E-state index in [2.05, 4.69) is 26.6 Å². The molecule has 0 unspecified atom stereocenters. The molecule has 2 heterocycles. The largest absolute Gasteiger partial charge is 0.363 e. The normalized spacial score (nSPS) is 10.5. The Morgan fingerprint density at radius 1 is 1.00 bits per heavy atom. The molecule has 2 aromatic heterocycles. The molecule has 0 aliphatic heterocycles. The third kappa shape index (κ3) is 2.91. The van der Waals surface area contributed by atoms with Gasteiger partial charge in [-0.2, -0.15) is 5.26 Å². The number of rotatable bonds is 4. The second kappa shape index (κ2) is 6.42. The van der Waals surface area contributed by atoms with Crippen molar-refractivity contribution in [2.45, 2.75) is 6.54 Å². The second-order valence-electron chi connectivity index (χ2n) is 5.52. The smallest absolute Gasteiger partial charge is 0.203 e. The molecule has 0 bridgehead atoms. The van der Waals surface area contributed by atoms with E-state index in [1.54, 1.807) is 18.3 Å². The Morgan fingerprint density at radius 3 is 2.56 bits per heavy atom. The van der Waals surface area contributed by atoms with Gasteiger partial charge in [-0.1, -0.05) is 42.5 Å². The zero-order valence-electron chi connectivity index (χ0n) is 13.3. The van der Waals surface area contributed by atoms with E-state index in [-0.39, 0.29) is 0 Å². The highest BCUT2D eigenvalue weighted by molar-refractivity contribution is 5.67. The lowest BCUT2D eigenvalue weighted by atomic mass is 10.1. The van der Waals surface area contributed by atoms with Crippen molar-refractivity contribution in [3.8, 4) is 17.5 Å². The van der Waals surface area contributed by atoms with Crippen LogP contribution in [0.25, 0.3) is 17.0 Å². The number of aromatic nitrogens is 4. The molecule has 0 fully saturated rings. The summed E-state index contributed by atoms with van der Waals surface area (Å²) in [6, 6.07) is 19.5. The zero-order valence-corrected chi connectivity index (χ0v) is 13.3. The van der Waals surface area contributed by atoms with E-state index < -0.39 is 0 Å². The highest BCUT2D eigenvalue weighted by atomic mass is 15.3. The van der Waals surface area contributed by atoms with E-state index in [9.17, 15) is 0 Å². The number of nitrogens with zero attached hydrogens (tertiary/aromatic N) is 5. The Morgan fingerprint density at radius 2 is 1.80 bits per heavy atom. The number of anilines is 1. The van der Waals surface area contributed by atoms with Crippen molar-refractivity contribution in [2.24, 2.45) is 0 Å². The topological polar surface area (TPSA) is 78.9 Å². The Balaban J connectivity index is 1.62. The molecule has 120 valence electrons. The lowest BCUT2D eigenvalue weighted by Gasteiger charge is -2.07. The van der Waals surface area contributed by atoms with Gasteiger partial charge in [0, 0.05) is 24.5 Å².